The van der Waals surface area contributed by atoms with E-state index in [9.17, 15) is 14.7 Å². The third kappa shape index (κ3) is 2.53. The average Bonchev–Trinajstić information content (AvgIpc) is 2.51. The summed E-state index contributed by atoms with van der Waals surface area (Å²) in [6.07, 6.45) is 0. The first-order valence-corrected chi connectivity index (χ1v) is 6.16. The number of nitrogens with zero attached hydrogens (tertiary/aromatic N) is 1. The lowest BCUT2D eigenvalue weighted by molar-refractivity contribution is -0.0757. The standard InChI is InChI=1S/C15H15NO5/c1-16(21-3)14(17)11-8-12(20-2)9-6-4-5-7-10(9)13(11)15(18)19/h4-8H,1-3H3,(H,18,19). The van der Waals surface area contributed by atoms with Gasteiger partial charge in [-0.05, 0) is 6.07 Å². The summed E-state index contributed by atoms with van der Waals surface area (Å²) in [6, 6.07) is 8.30. The first-order chi connectivity index (χ1) is 10.0. The highest BCUT2D eigenvalue weighted by Crippen LogP contribution is 2.32. The molecule has 0 atom stereocenters. The van der Waals surface area contributed by atoms with Gasteiger partial charge in [-0.1, -0.05) is 24.3 Å². The lowest BCUT2D eigenvalue weighted by Crippen LogP contribution is -2.27. The van der Waals surface area contributed by atoms with Crippen LogP contribution in [0.15, 0.2) is 30.3 Å². The van der Waals surface area contributed by atoms with Crippen LogP contribution in [0, 0.1) is 0 Å². The zero-order chi connectivity index (χ0) is 15.6. The highest BCUT2D eigenvalue weighted by Gasteiger charge is 2.24. The number of amides is 1. The predicted octanol–water partition coefficient (Wildman–Crippen LogP) is 2.18. The molecule has 0 aliphatic rings. The van der Waals surface area contributed by atoms with Crippen molar-refractivity contribution < 1.29 is 24.3 Å². The number of ether oxygens (including phenoxy) is 1. The maximum absolute atomic E-state index is 12.3. The van der Waals surface area contributed by atoms with E-state index in [1.54, 1.807) is 24.3 Å². The van der Waals surface area contributed by atoms with Crippen LogP contribution < -0.4 is 4.74 Å². The molecular weight excluding hydrogens is 274 g/mol. The molecule has 2 rings (SSSR count). The van der Waals surface area contributed by atoms with Gasteiger partial charge in [0.1, 0.15) is 5.75 Å². The van der Waals surface area contributed by atoms with Crippen LogP contribution >= 0.6 is 0 Å². The molecule has 0 fully saturated rings. The van der Waals surface area contributed by atoms with Crippen LogP contribution in [0.2, 0.25) is 0 Å². The Kier molecular flexibility index (Phi) is 4.09. The van der Waals surface area contributed by atoms with Gasteiger partial charge >= 0.3 is 5.97 Å². The fraction of sp³-hybridized carbons (Fsp3) is 0.200. The van der Waals surface area contributed by atoms with Crippen molar-refractivity contribution in [2.75, 3.05) is 21.3 Å². The Morgan fingerprint density at radius 1 is 1.14 bits per heavy atom. The number of benzene rings is 2. The Balaban J connectivity index is 2.83. The number of carbonyl (C=O) groups excluding carboxylic acids is 1. The summed E-state index contributed by atoms with van der Waals surface area (Å²) in [5.74, 6) is -1.30. The van der Waals surface area contributed by atoms with Crippen molar-refractivity contribution in [2.45, 2.75) is 0 Å². The van der Waals surface area contributed by atoms with Crippen molar-refractivity contribution in [1.82, 2.24) is 5.06 Å². The quantitative estimate of drug-likeness (QED) is 0.873. The van der Waals surface area contributed by atoms with E-state index in [-0.39, 0.29) is 11.1 Å². The summed E-state index contributed by atoms with van der Waals surface area (Å²) in [6.45, 7) is 0. The fourth-order valence-electron chi connectivity index (χ4n) is 2.16. The number of hydrogen-bond acceptors (Lipinski definition) is 4. The molecular formula is C15H15NO5. The number of hydroxylamine groups is 2. The lowest BCUT2D eigenvalue weighted by atomic mass is 9.97. The molecule has 1 amide bonds. The van der Waals surface area contributed by atoms with E-state index in [4.69, 9.17) is 9.57 Å². The summed E-state index contributed by atoms with van der Waals surface area (Å²) < 4.78 is 5.26. The molecule has 6 nitrogen and oxygen atoms in total. The van der Waals surface area contributed by atoms with E-state index in [1.165, 1.54) is 27.3 Å². The average molecular weight is 289 g/mol. The van der Waals surface area contributed by atoms with Gasteiger partial charge in [-0.3, -0.25) is 9.63 Å². The van der Waals surface area contributed by atoms with Crippen LogP contribution in [0.1, 0.15) is 20.7 Å². The Morgan fingerprint density at radius 2 is 1.76 bits per heavy atom. The number of hydrogen-bond donors (Lipinski definition) is 1. The van der Waals surface area contributed by atoms with Crippen molar-refractivity contribution in [3.8, 4) is 5.75 Å². The number of carbonyl (C=O) groups is 2. The van der Waals surface area contributed by atoms with Crippen LogP contribution in [0.25, 0.3) is 10.8 Å². The number of aromatic carboxylic acids is 1. The van der Waals surface area contributed by atoms with E-state index in [0.717, 1.165) is 5.06 Å². The zero-order valence-electron chi connectivity index (χ0n) is 11.9. The Morgan fingerprint density at radius 3 is 2.29 bits per heavy atom. The minimum atomic E-state index is -1.18. The minimum Gasteiger partial charge on any atom is -0.496 e. The fourth-order valence-corrected chi connectivity index (χ4v) is 2.16. The number of methoxy groups -OCH3 is 1. The first-order valence-electron chi connectivity index (χ1n) is 6.16. The molecule has 0 saturated heterocycles. The summed E-state index contributed by atoms with van der Waals surface area (Å²) in [7, 11) is 4.21. The summed E-state index contributed by atoms with van der Waals surface area (Å²) in [5.41, 5.74) is -0.0531. The molecule has 1 N–H and O–H groups in total. The minimum absolute atomic E-state index is 0.0161. The highest BCUT2D eigenvalue weighted by atomic mass is 16.7. The molecule has 21 heavy (non-hydrogen) atoms. The molecule has 2 aromatic carbocycles. The largest absolute Gasteiger partial charge is 0.496 e. The molecule has 0 radical (unpaired) electrons. The topological polar surface area (TPSA) is 76.1 Å². The molecule has 0 spiro atoms. The Labute approximate surface area is 121 Å². The van der Waals surface area contributed by atoms with E-state index >= 15 is 0 Å². The second-order valence-corrected chi connectivity index (χ2v) is 4.34. The smallest absolute Gasteiger partial charge is 0.337 e. The van der Waals surface area contributed by atoms with E-state index < -0.39 is 11.9 Å². The van der Waals surface area contributed by atoms with Gasteiger partial charge in [0.2, 0.25) is 0 Å². The van der Waals surface area contributed by atoms with Crippen molar-refractivity contribution >= 4 is 22.6 Å². The molecule has 0 saturated carbocycles. The number of fused-ring (bicyclic) bond motifs is 1. The summed E-state index contributed by atoms with van der Waals surface area (Å²) in [5, 5.41) is 11.5. The molecule has 2 aromatic rings. The van der Waals surface area contributed by atoms with Crippen LogP contribution in [0.4, 0.5) is 0 Å². The van der Waals surface area contributed by atoms with Crippen molar-refractivity contribution in [3.05, 3.63) is 41.5 Å². The van der Waals surface area contributed by atoms with Gasteiger partial charge in [-0.15, -0.1) is 0 Å². The third-order valence-electron chi connectivity index (χ3n) is 3.23. The first kappa shape index (κ1) is 14.8. The third-order valence-corrected chi connectivity index (χ3v) is 3.23. The molecule has 0 bridgehead atoms. The summed E-state index contributed by atoms with van der Waals surface area (Å²) in [4.78, 5) is 28.7. The van der Waals surface area contributed by atoms with Gasteiger partial charge in [-0.25, -0.2) is 9.86 Å². The van der Waals surface area contributed by atoms with E-state index in [2.05, 4.69) is 0 Å². The van der Waals surface area contributed by atoms with Crippen molar-refractivity contribution in [1.29, 1.82) is 0 Å². The molecule has 0 aliphatic carbocycles. The molecule has 0 heterocycles. The molecule has 110 valence electrons. The van der Waals surface area contributed by atoms with Gasteiger partial charge in [0, 0.05) is 17.8 Å². The molecule has 0 aliphatic heterocycles. The highest BCUT2D eigenvalue weighted by molar-refractivity contribution is 6.14. The monoisotopic (exact) mass is 289 g/mol. The summed E-state index contributed by atoms with van der Waals surface area (Å²) >= 11 is 0. The number of carboxylic acids is 1. The van der Waals surface area contributed by atoms with E-state index in [1.807, 2.05) is 0 Å². The van der Waals surface area contributed by atoms with Gasteiger partial charge in [0.05, 0.1) is 25.3 Å². The Hall–Kier alpha value is -2.60. The SMILES string of the molecule is COc1cc(C(=O)N(C)OC)c(C(=O)O)c2ccccc12. The van der Waals surface area contributed by atoms with Gasteiger partial charge in [0.25, 0.3) is 5.91 Å². The number of rotatable bonds is 4. The molecule has 0 aromatic heterocycles. The number of carboxylic acid groups (broad SMARTS) is 1. The van der Waals surface area contributed by atoms with Crippen LogP contribution in [0.3, 0.4) is 0 Å². The van der Waals surface area contributed by atoms with Crippen molar-refractivity contribution in [3.63, 3.8) is 0 Å². The van der Waals surface area contributed by atoms with Crippen LogP contribution in [0.5, 0.6) is 5.75 Å². The zero-order valence-corrected chi connectivity index (χ0v) is 11.9. The maximum Gasteiger partial charge on any atom is 0.337 e. The maximum atomic E-state index is 12.3. The van der Waals surface area contributed by atoms with Gasteiger partial charge < -0.3 is 9.84 Å². The van der Waals surface area contributed by atoms with Gasteiger partial charge in [-0.2, -0.15) is 0 Å². The predicted molar refractivity (Wildman–Crippen MR) is 76.6 cm³/mol. The van der Waals surface area contributed by atoms with Crippen molar-refractivity contribution in [2.24, 2.45) is 0 Å². The normalized spacial score (nSPS) is 10.4. The lowest BCUT2D eigenvalue weighted by Gasteiger charge is -2.17. The second-order valence-electron chi connectivity index (χ2n) is 4.34. The van der Waals surface area contributed by atoms with Crippen LogP contribution in [-0.4, -0.2) is 43.3 Å². The van der Waals surface area contributed by atoms with Crippen LogP contribution in [-0.2, 0) is 4.84 Å². The Bertz CT molecular complexity index is 711. The second kappa shape index (κ2) is 5.80. The van der Waals surface area contributed by atoms with Gasteiger partial charge in [0.15, 0.2) is 0 Å². The molecule has 0 unspecified atom stereocenters. The van der Waals surface area contributed by atoms with E-state index in [0.29, 0.717) is 16.5 Å². The molecule has 6 heteroatoms.